The molecule has 2 amide bonds. The lowest BCUT2D eigenvalue weighted by molar-refractivity contribution is -0.128. The van der Waals surface area contributed by atoms with E-state index in [-0.39, 0.29) is 5.76 Å². The second kappa shape index (κ2) is 19.7. The summed E-state index contributed by atoms with van der Waals surface area (Å²) in [6, 6.07) is -0.572. The van der Waals surface area contributed by atoms with Gasteiger partial charge in [0.15, 0.2) is 5.76 Å². The van der Waals surface area contributed by atoms with Gasteiger partial charge in [0.2, 0.25) is 12.3 Å². The predicted octanol–water partition coefficient (Wildman–Crippen LogP) is 3.56. The van der Waals surface area contributed by atoms with E-state index >= 15 is 0 Å². The first kappa shape index (κ1) is 27.5. The first-order chi connectivity index (χ1) is 12.0. The normalized spacial score (nSPS) is 11.1. The highest BCUT2D eigenvalue weighted by atomic mass is 16.5. The SMILES string of the molecule is C=C(/C(=C\C=C/C)OC=O)N(C)C(CCC)C(=O)NC=O.CC.CC. The van der Waals surface area contributed by atoms with Crippen LogP contribution in [0.1, 0.15) is 54.4 Å². The van der Waals surface area contributed by atoms with Crippen molar-refractivity contribution >= 4 is 18.8 Å². The van der Waals surface area contributed by atoms with Crippen molar-refractivity contribution in [2.45, 2.75) is 60.4 Å². The maximum Gasteiger partial charge on any atom is 0.298 e. The molecule has 0 radical (unpaired) electrons. The topological polar surface area (TPSA) is 75.7 Å². The number of hydrogen-bond acceptors (Lipinski definition) is 5. The average molecular weight is 354 g/mol. The molecule has 0 aromatic heterocycles. The minimum Gasteiger partial charge on any atom is -0.427 e. The minimum absolute atomic E-state index is 0.241. The Balaban J connectivity index is -0.00000112. The van der Waals surface area contributed by atoms with Gasteiger partial charge in [0.1, 0.15) is 6.04 Å². The van der Waals surface area contributed by atoms with Gasteiger partial charge in [0.05, 0.1) is 5.70 Å². The molecule has 144 valence electrons. The molecule has 6 nitrogen and oxygen atoms in total. The monoisotopic (exact) mass is 354 g/mol. The third-order valence-corrected chi connectivity index (χ3v) is 2.86. The third-order valence-electron chi connectivity index (χ3n) is 2.86. The summed E-state index contributed by atoms with van der Waals surface area (Å²) in [6.45, 7) is 15.9. The number of hydrogen-bond donors (Lipinski definition) is 1. The molecule has 0 saturated heterocycles. The Morgan fingerprint density at radius 1 is 1.24 bits per heavy atom. The fourth-order valence-electron chi connectivity index (χ4n) is 1.73. The Hall–Kier alpha value is -2.37. The van der Waals surface area contributed by atoms with Crippen LogP contribution < -0.4 is 5.32 Å². The Kier molecular flexibility index (Phi) is 21.6. The summed E-state index contributed by atoms with van der Waals surface area (Å²) in [6.07, 6.45) is 6.67. The van der Waals surface area contributed by atoms with Crippen LogP contribution in [0.2, 0.25) is 0 Å². The van der Waals surface area contributed by atoms with Crippen LogP contribution in [0.3, 0.4) is 0 Å². The van der Waals surface area contributed by atoms with Crippen molar-refractivity contribution in [3.63, 3.8) is 0 Å². The highest BCUT2D eigenvalue weighted by Crippen LogP contribution is 2.18. The van der Waals surface area contributed by atoms with Gasteiger partial charge in [0.25, 0.3) is 6.47 Å². The molecule has 0 rings (SSSR count). The molecule has 25 heavy (non-hydrogen) atoms. The maximum absolute atomic E-state index is 11.9. The molecule has 0 saturated carbocycles. The number of nitrogens with one attached hydrogen (secondary N) is 1. The fraction of sp³-hybridized carbons (Fsp3) is 0.526. The quantitative estimate of drug-likeness (QED) is 0.369. The van der Waals surface area contributed by atoms with E-state index in [2.05, 4.69) is 11.9 Å². The van der Waals surface area contributed by atoms with Crippen molar-refractivity contribution in [1.82, 2.24) is 10.2 Å². The lowest BCUT2D eigenvalue weighted by Crippen LogP contribution is -2.44. The summed E-state index contributed by atoms with van der Waals surface area (Å²) >= 11 is 0. The fourth-order valence-corrected chi connectivity index (χ4v) is 1.73. The van der Waals surface area contributed by atoms with Crippen molar-refractivity contribution in [1.29, 1.82) is 0 Å². The van der Waals surface area contributed by atoms with Crippen molar-refractivity contribution in [2.24, 2.45) is 0 Å². The number of imide groups is 1. The van der Waals surface area contributed by atoms with Crippen LogP contribution in [0.25, 0.3) is 0 Å². The van der Waals surface area contributed by atoms with Crippen molar-refractivity contribution < 1.29 is 19.1 Å². The van der Waals surface area contributed by atoms with E-state index in [1.165, 1.54) is 0 Å². The lowest BCUT2D eigenvalue weighted by Gasteiger charge is -2.30. The number of nitrogens with zero attached hydrogens (tertiary/aromatic N) is 1. The van der Waals surface area contributed by atoms with E-state index in [0.717, 1.165) is 6.42 Å². The summed E-state index contributed by atoms with van der Waals surface area (Å²) in [7, 11) is 1.66. The molecule has 0 spiro atoms. The number of ether oxygens (including phenoxy) is 1. The molecule has 0 fully saturated rings. The number of carbonyl (C=O) groups is 3. The molecule has 0 bridgehead atoms. The van der Waals surface area contributed by atoms with Gasteiger partial charge in [-0.1, -0.05) is 59.8 Å². The first-order valence-electron chi connectivity index (χ1n) is 8.62. The molecule has 0 heterocycles. The Labute approximate surface area is 152 Å². The van der Waals surface area contributed by atoms with Crippen LogP contribution in [-0.4, -0.2) is 36.8 Å². The molecule has 6 heteroatoms. The third kappa shape index (κ3) is 11.8. The van der Waals surface area contributed by atoms with Crippen LogP contribution in [-0.2, 0) is 19.1 Å². The first-order valence-corrected chi connectivity index (χ1v) is 8.62. The minimum atomic E-state index is -0.572. The van der Waals surface area contributed by atoms with Crippen LogP contribution in [0.4, 0.5) is 0 Å². The van der Waals surface area contributed by atoms with E-state index in [9.17, 15) is 14.4 Å². The number of likely N-dealkylation sites (N-methyl/N-ethyl adjacent to an activating group) is 1. The van der Waals surface area contributed by atoms with E-state index in [1.807, 2.05) is 41.5 Å². The van der Waals surface area contributed by atoms with Crippen molar-refractivity contribution in [2.75, 3.05) is 7.05 Å². The van der Waals surface area contributed by atoms with Crippen LogP contribution in [0.15, 0.2) is 36.3 Å². The van der Waals surface area contributed by atoms with Gasteiger partial charge in [-0.05, 0) is 19.4 Å². The highest BCUT2D eigenvalue weighted by molar-refractivity contribution is 5.90. The Morgan fingerprint density at radius 2 is 1.80 bits per heavy atom. The average Bonchev–Trinajstić information content (AvgIpc) is 2.65. The molecule has 0 aliphatic heterocycles. The van der Waals surface area contributed by atoms with Gasteiger partial charge in [0, 0.05) is 7.05 Å². The summed E-state index contributed by atoms with van der Waals surface area (Å²) in [5, 5.41) is 2.13. The largest absolute Gasteiger partial charge is 0.427 e. The number of allylic oxidation sites excluding steroid dienone is 3. The number of amides is 2. The second-order valence-electron chi connectivity index (χ2n) is 4.26. The number of rotatable bonds is 10. The zero-order valence-electron chi connectivity index (χ0n) is 16.7. The summed E-state index contributed by atoms with van der Waals surface area (Å²) < 4.78 is 4.88. The molecule has 1 atom stereocenters. The van der Waals surface area contributed by atoms with Crippen LogP contribution >= 0.6 is 0 Å². The standard InChI is InChI=1S/C15H22N2O4.2C2H6/c1-5-7-9-14(21-11-19)12(3)17(4)13(8-6-2)15(20)16-10-18;2*1-2/h5,7,9-11,13H,3,6,8H2,1-2,4H3,(H,16,18,20);2*1-2H3/b7-5-,14-9+;;. The maximum atomic E-state index is 11.9. The molecular weight excluding hydrogens is 320 g/mol. The van der Waals surface area contributed by atoms with E-state index in [4.69, 9.17) is 4.74 Å². The number of carbonyl (C=O) groups excluding carboxylic acids is 3. The zero-order valence-corrected chi connectivity index (χ0v) is 16.7. The lowest BCUT2D eigenvalue weighted by atomic mass is 10.1. The van der Waals surface area contributed by atoms with Gasteiger partial charge < -0.3 is 9.64 Å². The second-order valence-corrected chi connectivity index (χ2v) is 4.26. The molecular formula is C19H34N2O4. The van der Waals surface area contributed by atoms with E-state index < -0.39 is 11.9 Å². The zero-order chi connectivity index (χ0) is 20.3. The van der Waals surface area contributed by atoms with E-state index in [0.29, 0.717) is 25.0 Å². The van der Waals surface area contributed by atoms with Crippen molar-refractivity contribution in [3.8, 4) is 0 Å². The summed E-state index contributed by atoms with van der Waals surface area (Å²) in [5.74, 6) is -0.183. The van der Waals surface area contributed by atoms with Crippen LogP contribution in [0.5, 0.6) is 0 Å². The molecule has 0 aromatic rings. The molecule has 0 aliphatic rings. The smallest absolute Gasteiger partial charge is 0.298 e. The Bertz CT molecular complexity index is 443. The molecule has 1 N–H and O–H groups in total. The van der Waals surface area contributed by atoms with Gasteiger partial charge in [-0.2, -0.15) is 0 Å². The summed E-state index contributed by atoms with van der Waals surface area (Å²) in [5.41, 5.74) is 0.375. The Morgan fingerprint density at radius 3 is 2.20 bits per heavy atom. The van der Waals surface area contributed by atoms with Gasteiger partial charge in [-0.3, -0.25) is 19.7 Å². The van der Waals surface area contributed by atoms with Gasteiger partial charge in [-0.15, -0.1) is 0 Å². The van der Waals surface area contributed by atoms with Crippen molar-refractivity contribution in [3.05, 3.63) is 36.3 Å². The molecule has 0 aliphatic carbocycles. The molecule has 0 aromatic carbocycles. The highest BCUT2D eigenvalue weighted by Gasteiger charge is 2.24. The summed E-state index contributed by atoms with van der Waals surface area (Å²) in [4.78, 5) is 34.5. The van der Waals surface area contributed by atoms with E-state index in [1.54, 1.807) is 30.2 Å². The predicted molar refractivity (Wildman–Crippen MR) is 103 cm³/mol. The van der Waals surface area contributed by atoms with Crippen LogP contribution in [0, 0.1) is 0 Å². The van der Waals surface area contributed by atoms with Gasteiger partial charge >= 0.3 is 0 Å². The van der Waals surface area contributed by atoms with Gasteiger partial charge in [-0.25, -0.2) is 0 Å². The molecule has 1 unspecified atom stereocenters.